The van der Waals surface area contributed by atoms with E-state index in [2.05, 4.69) is 4.86 Å². The summed E-state index contributed by atoms with van der Waals surface area (Å²) in [5.41, 5.74) is 0. The van der Waals surface area contributed by atoms with Crippen LogP contribution >= 0.6 is 14.6 Å². The van der Waals surface area contributed by atoms with Crippen LogP contribution in [0, 0.1) is 0 Å². The van der Waals surface area contributed by atoms with Gasteiger partial charge in [0.2, 0.25) is 0 Å². The van der Waals surface area contributed by atoms with Crippen LogP contribution in [0.1, 0.15) is 19.8 Å². The SMILES string of the molecule is CCCCP(O)(=S)N[PH](=O)O. The van der Waals surface area contributed by atoms with Gasteiger partial charge in [-0.3, -0.25) is 4.57 Å². The van der Waals surface area contributed by atoms with Crippen molar-refractivity contribution < 1.29 is 14.4 Å². The molecule has 7 heteroatoms. The van der Waals surface area contributed by atoms with Gasteiger partial charge in [-0.05, 0) is 6.42 Å². The van der Waals surface area contributed by atoms with E-state index >= 15 is 0 Å². The van der Waals surface area contributed by atoms with E-state index in [-0.39, 0.29) is 0 Å². The molecule has 4 nitrogen and oxygen atoms in total. The van der Waals surface area contributed by atoms with Crippen molar-refractivity contribution in [3.8, 4) is 0 Å². The summed E-state index contributed by atoms with van der Waals surface area (Å²) >= 11 is 4.71. The van der Waals surface area contributed by atoms with Crippen molar-refractivity contribution in [3.05, 3.63) is 0 Å². The molecular weight excluding hydrogens is 204 g/mol. The fourth-order valence-electron chi connectivity index (χ4n) is 0.578. The molecule has 2 atom stereocenters. The Balaban J connectivity index is 3.80. The molecule has 0 heterocycles. The van der Waals surface area contributed by atoms with Crippen molar-refractivity contribution >= 4 is 26.4 Å². The second-order valence-corrected chi connectivity index (χ2v) is 7.36. The summed E-state index contributed by atoms with van der Waals surface area (Å²) in [5, 5.41) is 0. The Morgan fingerprint density at radius 3 is 2.64 bits per heavy atom. The molecule has 3 N–H and O–H groups in total. The maximum Gasteiger partial charge on any atom is 0.261 e. The van der Waals surface area contributed by atoms with Gasteiger partial charge in [0, 0.05) is 6.16 Å². The number of unbranched alkanes of at least 4 members (excludes halogenated alkanes) is 1. The molecule has 0 saturated heterocycles. The lowest BCUT2D eigenvalue weighted by Gasteiger charge is -2.13. The van der Waals surface area contributed by atoms with Gasteiger partial charge in [0.25, 0.3) is 8.18 Å². The topological polar surface area (TPSA) is 69.6 Å². The quantitative estimate of drug-likeness (QED) is 0.601. The molecule has 0 aliphatic heterocycles. The molecule has 0 aromatic heterocycles. The molecular formula is C4H13NO3P2S. The first kappa shape index (κ1) is 11.8. The van der Waals surface area contributed by atoms with Crippen LogP contribution < -0.4 is 4.86 Å². The fraction of sp³-hybridized carbons (Fsp3) is 1.00. The Labute approximate surface area is 72.1 Å². The number of nitrogens with one attached hydrogen (secondary N) is 1. The third-order valence-corrected chi connectivity index (χ3v) is 5.54. The molecule has 68 valence electrons. The monoisotopic (exact) mass is 217 g/mol. The summed E-state index contributed by atoms with van der Waals surface area (Å²) in [6.45, 7) is 1.97. The van der Waals surface area contributed by atoms with E-state index in [1.165, 1.54) is 0 Å². The molecule has 0 aromatic rings. The summed E-state index contributed by atoms with van der Waals surface area (Å²) in [4.78, 5) is 19.9. The van der Waals surface area contributed by atoms with E-state index < -0.39 is 14.6 Å². The van der Waals surface area contributed by atoms with Crippen LogP contribution in [0.3, 0.4) is 0 Å². The van der Waals surface area contributed by atoms with Gasteiger partial charge in [-0.1, -0.05) is 25.2 Å². The van der Waals surface area contributed by atoms with Crippen molar-refractivity contribution in [1.82, 2.24) is 4.86 Å². The molecule has 0 rings (SSSR count). The van der Waals surface area contributed by atoms with Crippen LogP contribution in [0.15, 0.2) is 0 Å². The molecule has 0 bridgehead atoms. The van der Waals surface area contributed by atoms with E-state index in [1.54, 1.807) is 0 Å². The highest BCUT2D eigenvalue weighted by Gasteiger charge is 2.12. The average Bonchev–Trinajstić information content (AvgIpc) is 1.81. The van der Waals surface area contributed by atoms with Crippen LogP contribution in [0.25, 0.3) is 0 Å². The predicted molar refractivity (Wildman–Crippen MR) is 50.6 cm³/mol. The van der Waals surface area contributed by atoms with Gasteiger partial charge in [0.15, 0.2) is 0 Å². The summed E-state index contributed by atoms with van der Waals surface area (Å²) < 4.78 is 10.3. The first-order valence-electron chi connectivity index (χ1n) is 3.31. The van der Waals surface area contributed by atoms with Crippen LogP contribution in [-0.2, 0) is 16.4 Å². The molecule has 2 unspecified atom stereocenters. The Kier molecular flexibility index (Phi) is 5.79. The standard InChI is InChI=1S/C4H13NO3P2S/c1-2-3-4-10(8,11)5-9(6)7/h9H,2-4H2,1H3,(H3,5,6,7,8,11). The Morgan fingerprint density at radius 2 is 2.27 bits per heavy atom. The second-order valence-electron chi connectivity index (χ2n) is 2.20. The van der Waals surface area contributed by atoms with E-state index in [9.17, 15) is 9.46 Å². The number of hydrogen-bond acceptors (Lipinski definition) is 2. The first-order chi connectivity index (χ1) is 4.98. The lowest BCUT2D eigenvalue weighted by atomic mass is 10.4. The highest BCUT2D eigenvalue weighted by atomic mass is 32.4. The third kappa shape index (κ3) is 7.13. The van der Waals surface area contributed by atoms with Crippen LogP contribution in [0.5, 0.6) is 0 Å². The van der Waals surface area contributed by atoms with Crippen LogP contribution in [0.4, 0.5) is 0 Å². The summed E-state index contributed by atoms with van der Waals surface area (Å²) in [5.74, 6) is 0. The Hall–Kier alpha value is 0.760. The molecule has 0 fully saturated rings. The molecule has 11 heavy (non-hydrogen) atoms. The highest BCUT2D eigenvalue weighted by molar-refractivity contribution is 8.12. The van der Waals surface area contributed by atoms with Gasteiger partial charge in [0.05, 0.1) is 0 Å². The zero-order chi connectivity index (χ0) is 8.91. The lowest BCUT2D eigenvalue weighted by molar-refractivity contribution is 0.497. The maximum absolute atomic E-state index is 10.3. The summed E-state index contributed by atoms with van der Waals surface area (Å²) in [6.07, 6.45) is -0.561. The molecule has 0 aliphatic carbocycles. The van der Waals surface area contributed by atoms with Gasteiger partial charge in [-0.15, -0.1) is 0 Å². The van der Waals surface area contributed by atoms with Crippen molar-refractivity contribution in [1.29, 1.82) is 0 Å². The summed E-state index contributed by atoms with van der Waals surface area (Å²) in [7, 11) is -2.83. The van der Waals surface area contributed by atoms with Gasteiger partial charge < -0.3 is 9.79 Å². The second kappa shape index (κ2) is 5.41. The first-order valence-corrected chi connectivity index (χ1v) is 7.60. The van der Waals surface area contributed by atoms with Crippen LogP contribution in [0.2, 0.25) is 0 Å². The zero-order valence-corrected chi connectivity index (χ0v) is 8.99. The molecule has 0 radical (unpaired) electrons. The minimum Gasteiger partial charge on any atom is -0.353 e. The minimum atomic E-state index is -2.83. The van der Waals surface area contributed by atoms with E-state index in [4.69, 9.17) is 16.7 Å². The Bertz CT molecular complexity index is 186. The smallest absolute Gasteiger partial charge is 0.261 e. The maximum atomic E-state index is 10.3. The fourth-order valence-corrected chi connectivity index (χ4v) is 4.06. The number of rotatable bonds is 5. The molecule has 0 saturated carbocycles. The normalized spacial score (nSPS) is 19.2. The number of hydrogen-bond donors (Lipinski definition) is 3. The van der Waals surface area contributed by atoms with Gasteiger partial charge in [-0.25, -0.2) is 0 Å². The van der Waals surface area contributed by atoms with E-state index in [0.717, 1.165) is 12.8 Å². The van der Waals surface area contributed by atoms with E-state index in [0.29, 0.717) is 6.16 Å². The van der Waals surface area contributed by atoms with Gasteiger partial charge in [0.1, 0.15) is 6.42 Å². The minimum absolute atomic E-state index is 0.426. The van der Waals surface area contributed by atoms with E-state index in [1.807, 2.05) is 6.92 Å². The van der Waals surface area contributed by atoms with Crippen molar-refractivity contribution in [2.75, 3.05) is 6.16 Å². The molecule has 0 aromatic carbocycles. The third-order valence-electron chi connectivity index (χ3n) is 1.09. The molecule has 0 spiro atoms. The van der Waals surface area contributed by atoms with Gasteiger partial charge >= 0.3 is 0 Å². The van der Waals surface area contributed by atoms with Gasteiger partial charge in [-0.2, -0.15) is 4.86 Å². The van der Waals surface area contributed by atoms with Crippen molar-refractivity contribution in [2.45, 2.75) is 19.8 Å². The van der Waals surface area contributed by atoms with Crippen molar-refractivity contribution in [3.63, 3.8) is 0 Å². The lowest BCUT2D eigenvalue weighted by Crippen LogP contribution is -2.02. The highest BCUT2D eigenvalue weighted by Crippen LogP contribution is 2.41. The molecule has 0 aliphatic rings. The largest absolute Gasteiger partial charge is 0.353 e. The Morgan fingerprint density at radius 1 is 1.73 bits per heavy atom. The average molecular weight is 217 g/mol. The zero-order valence-electron chi connectivity index (χ0n) is 6.28. The predicted octanol–water partition coefficient (Wildman–Crippen LogP) is 1.06. The van der Waals surface area contributed by atoms with Crippen LogP contribution in [-0.4, -0.2) is 15.9 Å². The summed E-state index contributed by atoms with van der Waals surface area (Å²) in [6, 6.07) is 0. The molecule has 0 amide bonds. The van der Waals surface area contributed by atoms with Crippen molar-refractivity contribution in [2.24, 2.45) is 0 Å².